The second-order valence-electron chi connectivity index (χ2n) is 5.51. The molecule has 1 aliphatic carbocycles. The minimum Gasteiger partial charge on any atom is -0.462 e. The zero-order valence-electron chi connectivity index (χ0n) is 11.9. The largest absolute Gasteiger partial charge is 0.462 e. The molecule has 0 aliphatic heterocycles. The second-order valence-corrected chi connectivity index (χ2v) is 5.51. The average molecular weight is 295 g/mol. The van der Waals surface area contributed by atoms with Crippen molar-refractivity contribution in [2.45, 2.75) is 76.6 Å². The molecule has 2 N–H and O–H groups in total. The molecule has 0 unspecified atom stereocenters. The van der Waals surface area contributed by atoms with E-state index in [9.17, 15) is 18.0 Å². The van der Waals surface area contributed by atoms with Crippen LogP contribution in [0.5, 0.6) is 0 Å². The van der Waals surface area contributed by atoms with Gasteiger partial charge in [-0.25, -0.2) is 0 Å². The van der Waals surface area contributed by atoms with Gasteiger partial charge in [0.05, 0.1) is 5.92 Å². The minimum atomic E-state index is -4.56. The molecule has 20 heavy (non-hydrogen) atoms. The maximum absolute atomic E-state index is 12.7. The van der Waals surface area contributed by atoms with Crippen molar-refractivity contribution in [2.75, 3.05) is 0 Å². The van der Waals surface area contributed by atoms with Gasteiger partial charge in [0.25, 0.3) is 0 Å². The van der Waals surface area contributed by atoms with Gasteiger partial charge >= 0.3 is 12.1 Å². The van der Waals surface area contributed by atoms with Gasteiger partial charge in [0.2, 0.25) is 0 Å². The number of nitrogens with two attached hydrogens (primary N) is 1. The summed E-state index contributed by atoms with van der Waals surface area (Å²) < 4.78 is 43.1. The molecule has 3 nitrogen and oxygen atoms in total. The van der Waals surface area contributed by atoms with Crippen molar-refractivity contribution in [3.05, 3.63) is 0 Å². The van der Waals surface area contributed by atoms with E-state index in [0.29, 0.717) is 6.42 Å². The second kappa shape index (κ2) is 7.86. The highest BCUT2D eigenvalue weighted by Crippen LogP contribution is 2.31. The number of carbonyl (C=O) groups is 1. The Kier molecular flexibility index (Phi) is 6.79. The van der Waals surface area contributed by atoms with Crippen molar-refractivity contribution in [1.82, 2.24) is 0 Å². The van der Waals surface area contributed by atoms with Crippen molar-refractivity contribution in [3.63, 3.8) is 0 Å². The Hall–Kier alpha value is -0.780. The van der Waals surface area contributed by atoms with Gasteiger partial charge in [0.1, 0.15) is 12.1 Å². The van der Waals surface area contributed by atoms with Crippen LogP contribution in [0.3, 0.4) is 0 Å². The first-order valence-corrected chi connectivity index (χ1v) is 7.39. The Morgan fingerprint density at radius 2 is 1.85 bits per heavy atom. The van der Waals surface area contributed by atoms with Gasteiger partial charge in [-0.05, 0) is 19.3 Å². The number of unbranched alkanes of at least 4 members (excludes halogenated alkanes) is 4. The molecular formula is C14H24F3NO2. The Morgan fingerprint density at radius 1 is 1.25 bits per heavy atom. The van der Waals surface area contributed by atoms with Crippen LogP contribution in [0.2, 0.25) is 0 Å². The fraction of sp³-hybridized carbons (Fsp3) is 0.929. The molecule has 0 amide bonds. The predicted octanol–water partition coefficient (Wildman–Crippen LogP) is 3.56. The highest BCUT2D eigenvalue weighted by Gasteiger charge is 2.46. The Balaban J connectivity index is 2.47. The van der Waals surface area contributed by atoms with E-state index in [1.54, 1.807) is 0 Å². The van der Waals surface area contributed by atoms with Gasteiger partial charge in [-0.2, -0.15) is 13.2 Å². The maximum atomic E-state index is 12.7. The van der Waals surface area contributed by atoms with Crippen molar-refractivity contribution < 1.29 is 22.7 Å². The first-order chi connectivity index (χ1) is 9.36. The van der Waals surface area contributed by atoms with E-state index in [-0.39, 0.29) is 12.5 Å². The Labute approximate surface area is 118 Å². The molecule has 0 bridgehead atoms. The Morgan fingerprint density at radius 3 is 2.35 bits per heavy atom. The van der Waals surface area contributed by atoms with Crippen LogP contribution < -0.4 is 5.73 Å². The summed E-state index contributed by atoms with van der Waals surface area (Å²) in [7, 11) is 0. The van der Waals surface area contributed by atoms with E-state index < -0.39 is 24.1 Å². The lowest BCUT2D eigenvalue weighted by Crippen LogP contribution is -2.47. The van der Waals surface area contributed by atoms with Crippen LogP contribution in [0.1, 0.15) is 58.3 Å². The number of hydrogen-bond donors (Lipinski definition) is 1. The van der Waals surface area contributed by atoms with E-state index in [0.717, 1.165) is 38.5 Å². The van der Waals surface area contributed by atoms with Crippen LogP contribution in [0.4, 0.5) is 13.2 Å². The number of ether oxygens (including phenoxy) is 1. The number of carbonyl (C=O) groups excluding carboxylic acids is 1. The summed E-state index contributed by atoms with van der Waals surface area (Å²) in [5.74, 6) is -2.05. The van der Waals surface area contributed by atoms with Crippen molar-refractivity contribution in [1.29, 1.82) is 0 Å². The molecule has 0 aromatic carbocycles. The molecule has 0 saturated heterocycles. The lowest BCUT2D eigenvalue weighted by molar-refractivity contribution is -0.177. The molecule has 1 aliphatic rings. The molecule has 0 heterocycles. The van der Waals surface area contributed by atoms with Crippen LogP contribution in [-0.2, 0) is 9.53 Å². The van der Waals surface area contributed by atoms with Gasteiger partial charge in [-0.1, -0.05) is 39.0 Å². The fourth-order valence-electron chi connectivity index (χ4n) is 2.08. The molecule has 0 spiro atoms. The molecule has 2 atom stereocenters. The third-order valence-electron chi connectivity index (χ3n) is 3.54. The number of rotatable bonds is 9. The summed E-state index contributed by atoms with van der Waals surface area (Å²) >= 11 is 0. The number of hydrogen-bond acceptors (Lipinski definition) is 3. The van der Waals surface area contributed by atoms with Gasteiger partial charge in [0.15, 0.2) is 0 Å². The van der Waals surface area contributed by atoms with Crippen LogP contribution in [0.25, 0.3) is 0 Å². The summed E-state index contributed by atoms with van der Waals surface area (Å²) in [6.07, 6.45) is 1.39. The summed E-state index contributed by atoms with van der Waals surface area (Å²) in [5.41, 5.74) is 5.21. The molecule has 6 heteroatoms. The maximum Gasteiger partial charge on any atom is 0.404 e. The number of esters is 1. The highest BCUT2D eigenvalue weighted by atomic mass is 19.4. The van der Waals surface area contributed by atoms with Gasteiger partial charge in [-0.15, -0.1) is 0 Å². The third-order valence-corrected chi connectivity index (χ3v) is 3.54. The van der Waals surface area contributed by atoms with Crippen LogP contribution in [0.15, 0.2) is 0 Å². The zero-order chi connectivity index (χ0) is 15.2. The first kappa shape index (κ1) is 17.3. The van der Waals surface area contributed by atoms with Crippen LogP contribution in [0, 0.1) is 5.92 Å². The predicted molar refractivity (Wildman–Crippen MR) is 70.0 cm³/mol. The van der Waals surface area contributed by atoms with Gasteiger partial charge in [-0.3, -0.25) is 4.79 Å². The molecule has 1 saturated carbocycles. The lowest BCUT2D eigenvalue weighted by atomic mass is 9.93. The summed E-state index contributed by atoms with van der Waals surface area (Å²) in [5, 5.41) is 0. The van der Waals surface area contributed by atoms with E-state index in [1.165, 1.54) is 0 Å². The first-order valence-electron chi connectivity index (χ1n) is 7.39. The normalized spacial score (nSPS) is 18.6. The third kappa shape index (κ3) is 6.11. The summed E-state index contributed by atoms with van der Waals surface area (Å²) in [4.78, 5) is 11.8. The number of halogens is 3. The molecule has 118 valence electrons. The summed E-state index contributed by atoms with van der Waals surface area (Å²) in [6.45, 7) is 2.06. The zero-order valence-corrected chi connectivity index (χ0v) is 11.9. The molecule has 0 radical (unpaired) electrons. The van der Waals surface area contributed by atoms with Crippen LogP contribution in [-0.4, -0.2) is 24.3 Å². The van der Waals surface area contributed by atoms with Crippen molar-refractivity contribution in [2.24, 2.45) is 11.7 Å². The molecular weight excluding hydrogens is 271 g/mol. The quantitative estimate of drug-likeness (QED) is 0.522. The van der Waals surface area contributed by atoms with Crippen LogP contribution >= 0.6 is 0 Å². The number of alkyl halides is 3. The fourth-order valence-corrected chi connectivity index (χ4v) is 2.08. The average Bonchev–Trinajstić information content (AvgIpc) is 3.15. The molecule has 0 aromatic rings. The van der Waals surface area contributed by atoms with Crippen molar-refractivity contribution in [3.8, 4) is 0 Å². The molecule has 1 fully saturated rings. The minimum absolute atomic E-state index is 0.149. The lowest BCUT2D eigenvalue weighted by Gasteiger charge is -2.24. The van der Waals surface area contributed by atoms with E-state index >= 15 is 0 Å². The van der Waals surface area contributed by atoms with Crippen molar-refractivity contribution >= 4 is 5.97 Å². The van der Waals surface area contributed by atoms with Gasteiger partial charge < -0.3 is 10.5 Å². The standard InChI is InChI=1S/C14H24F3NO2/c1-2-3-4-5-6-7-11(12(18)14(15,16)17)13(19)20-10-8-9-10/h10-12H,2-9,18H2,1H3/t11-,12-/m1/s1. The SMILES string of the molecule is CCCCCCC[C@@H](C(=O)OC1CC1)[C@@H](N)C(F)(F)F. The smallest absolute Gasteiger partial charge is 0.404 e. The van der Waals surface area contributed by atoms with Gasteiger partial charge in [0, 0.05) is 0 Å². The van der Waals surface area contributed by atoms with E-state index in [4.69, 9.17) is 10.5 Å². The Bertz CT molecular complexity index is 303. The van der Waals surface area contributed by atoms with E-state index in [2.05, 4.69) is 6.92 Å². The van der Waals surface area contributed by atoms with E-state index in [1.807, 2.05) is 0 Å². The highest BCUT2D eigenvalue weighted by molar-refractivity contribution is 5.73. The monoisotopic (exact) mass is 295 g/mol. The molecule has 1 rings (SSSR count). The molecule has 0 aromatic heterocycles. The summed E-state index contributed by atoms with van der Waals surface area (Å²) in [6, 6.07) is -2.13. The topological polar surface area (TPSA) is 52.3 Å².